The van der Waals surface area contributed by atoms with Crippen LogP contribution in [0.4, 0.5) is 5.69 Å². The number of nitro groups is 1. The Bertz CT molecular complexity index is 1000. The lowest BCUT2D eigenvalue weighted by Crippen LogP contribution is -2.18. The lowest BCUT2D eigenvalue weighted by Gasteiger charge is -2.22. The molecule has 9 heteroatoms. The van der Waals surface area contributed by atoms with E-state index in [9.17, 15) is 15.2 Å². The summed E-state index contributed by atoms with van der Waals surface area (Å²) in [6, 6.07) is 3.92. The lowest BCUT2D eigenvalue weighted by molar-refractivity contribution is -0.384. The summed E-state index contributed by atoms with van der Waals surface area (Å²) in [5.74, 6) is 0.361. The number of hydrogen-bond donors (Lipinski definition) is 2. The van der Waals surface area contributed by atoms with E-state index in [0.29, 0.717) is 18.9 Å². The Balaban J connectivity index is 1.78. The van der Waals surface area contributed by atoms with Crippen molar-refractivity contribution in [2.24, 2.45) is 0 Å². The standard InChI is InChI=1S/C19H23N5O4/c1-2-12-9-14-15(10-13(12)6-7-25)21-19(20-14)18-16(24(26)27)11-23(22-18)17-5-3-4-8-28-17/h9-11,17,25H,2-8H2,1H3,(H,20,21). The summed E-state index contributed by atoms with van der Waals surface area (Å²) in [6.45, 7) is 2.74. The molecule has 148 valence electrons. The van der Waals surface area contributed by atoms with Crippen LogP contribution in [0, 0.1) is 10.1 Å². The van der Waals surface area contributed by atoms with Crippen molar-refractivity contribution in [3.8, 4) is 11.5 Å². The predicted octanol–water partition coefficient (Wildman–Crippen LogP) is 3.13. The SMILES string of the molecule is CCc1cc2nc(-c3nn(C4CCCCO4)cc3[N+](=O)[O-])[nH]c2cc1CCO. The van der Waals surface area contributed by atoms with Gasteiger partial charge in [0.15, 0.2) is 5.82 Å². The third kappa shape index (κ3) is 3.38. The number of hydrogen-bond acceptors (Lipinski definition) is 6. The van der Waals surface area contributed by atoms with Crippen molar-refractivity contribution in [3.63, 3.8) is 0 Å². The number of nitrogens with zero attached hydrogens (tertiary/aromatic N) is 4. The molecule has 2 aromatic heterocycles. The van der Waals surface area contributed by atoms with Gasteiger partial charge in [0.1, 0.15) is 12.4 Å². The first kappa shape index (κ1) is 18.6. The molecule has 0 spiro atoms. The molecule has 3 aromatic rings. The van der Waals surface area contributed by atoms with Gasteiger partial charge in [0.05, 0.1) is 16.0 Å². The first-order valence-electron chi connectivity index (χ1n) is 9.58. The second kappa shape index (κ2) is 7.69. The van der Waals surface area contributed by atoms with Crippen LogP contribution < -0.4 is 0 Å². The zero-order chi connectivity index (χ0) is 19.7. The van der Waals surface area contributed by atoms with E-state index < -0.39 is 4.92 Å². The number of rotatable bonds is 6. The van der Waals surface area contributed by atoms with Crippen LogP contribution in [-0.4, -0.2) is 43.0 Å². The molecule has 2 N–H and O–H groups in total. The molecule has 0 amide bonds. The van der Waals surface area contributed by atoms with Crippen LogP contribution >= 0.6 is 0 Å². The largest absolute Gasteiger partial charge is 0.396 e. The first-order chi connectivity index (χ1) is 13.6. The predicted molar refractivity (Wildman–Crippen MR) is 103 cm³/mol. The zero-order valence-electron chi connectivity index (χ0n) is 15.7. The van der Waals surface area contributed by atoms with E-state index in [4.69, 9.17) is 4.74 Å². The zero-order valence-corrected chi connectivity index (χ0v) is 15.7. The highest BCUT2D eigenvalue weighted by Gasteiger charge is 2.27. The third-order valence-corrected chi connectivity index (χ3v) is 5.15. The number of ether oxygens (including phenoxy) is 1. The second-order valence-electron chi connectivity index (χ2n) is 6.97. The van der Waals surface area contributed by atoms with Crippen LogP contribution in [0.1, 0.15) is 43.5 Å². The van der Waals surface area contributed by atoms with Gasteiger partial charge in [-0.3, -0.25) is 10.1 Å². The summed E-state index contributed by atoms with van der Waals surface area (Å²) in [5, 5.41) is 25.3. The van der Waals surface area contributed by atoms with Crippen LogP contribution in [0.2, 0.25) is 0 Å². The molecule has 1 saturated heterocycles. The highest BCUT2D eigenvalue weighted by molar-refractivity contribution is 5.82. The van der Waals surface area contributed by atoms with Gasteiger partial charge >= 0.3 is 5.69 Å². The van der Waals surface area contributed by atoms with Crippen molar-refractivity contribution in [1.29, 1.82) is 0 Å². The van der Waals surface area contributed by atoms with Gasteiger partial charge in [-0.15, -0.1) is 0 Å². The second-order valence-corrected chi connectivity index (χ2v) is 6.97. The quantitative estimate of drug-likeness (QED) is 0.497. The van der Waals surface area contributed by atoms with Gasteiger partial charge in [-0.25, -0.2) is 9.67 Å². The highest BCUT2D eigenvalue weighted by atomic mass is 16.6. The maximum absolute atomic E-state index is 11.6. The Morgan fingerprint density at radius 3 is 2.93 bits per heavy atom. The van der Waals surface area contributed by atoms with E-state index in [0.717, 1.165) is 47.8 Å². The molecular weight excluding hydrogens is 362 g/mol. The summed E-state index contributed by atoms with van der Waals surface area (Å²) in [4.78, 5) is 18.9. The Kier molecular flexibility index (Phi) is 5.10. The summed E-state index contributed by atoms with van der Waals surface area (Å²) in [6.07, 6.45) is 5.30. The normalized spacial score (nSPS) is 17.3. The third-order valence-electron chi connectivity index (χ3n) is 5.15. The fraction of sp³-hybridized carbons (Fsp3) is 0.474. The highest BCUT2D eigenvalue weighted by Crippen LogP contribution is 2.32. The monoisotopic (exact) mass is 385 g/mol. The average Bonchev–Trinajstić information content (AvgIpc) is 3.32. The van der Waals surface area contributed by atoms with Crippen molar-refractivity contribution in [3.05, 3.63) is 39.6 Å². The minimum atomic E-state index is -0.441. The van der Waals surface area contributed by atoms with Crippen molar-refractivity contribution in [1.82, 2.24) is 19.7 Å². The van der Waals surface area contributed by atoms with E-state index in [1.54, 1.807) is 0 Å². The van der Waals surface area contributed by atoms with Crippen molar-refractivity contribution >= 4 is 16.7 Å². The summed E-state index contributed by atoms with van der Waals surface area (Å²) in [5.41, 5.74) is 3.76. The number of aryl methyl sites for hydroxylation is 1. The lowest BCUT2D eigenvalue weighted by atomic mass is 10.0. The summed E-state index contributed by atoms with van der Waals surface area (Å²) < 4.78 is 7.24. The van der Waals surface area contributed by atoms with Crippen molar-refractivity contribution in [2.75, 3.05) is 13.2 Å². The fourth-order valence-corrected chi connectivity index (χ4v) is 3.70. The summed E-state index contributed by atoms with van der Waals surface area (Å²) >= 11 is 0. The number of aromatic amines is 1. The van der Waals surface area contributed by atoms with Crippen LogP contribution in [0.15, 0.2) is 18.3 Å². The molecule has 1 atom stereocenters. The minimum absolute atomic E-state index is 0.0662. The van der Waals surface area contributed by atoms with Crippen LogP contribution in [0.3, 0.4) is 0 Å². The molecule has 1 unspecified atom stereocenters. The van der Waals surface area contributed by atoms with Gasteiger partial charge < -0.3 is 14.8 Å². The Morgan fingerprint density at radius 1 is 1.39 bits per heavy atom. The Morgan fingerprint density at radius 2 is 2.25 bits per heavy atom. The molecule has 28 heavy (non-hydrogen) atoms. The van der Waals surface area contributed by atoms with Gasteiger partial charge in [-0.1, -0.05) is 6.92 Å². The molecule has 0 aliphatic carbocycles. The topological polar surface area (TPSA) is 119 Å². The van der Waals surface area contributed by atoms with Gasteiger partial charge in [-0.2, -0.15) is 5.10 Å². The molecule has 9 nitrogen and oxygen atoms in total. The summed E-state index contributed by atoms with van der Waals surface area (Å²) in [7, 11) is 0. The molecule has 1 aliphatic rings. The van der Waals surface area contributed by atoms with Gasteiger partial charge in [0, 0.05) is 13.2 Å². The van der Waals surface area contributed by atoms with Crippen LogP contribution in [-0.2, 0) is 17.6 Å². The van der Waals surface area contributed by atoms with E-state index in [-0.39, 0.29) is 24.2 Å². The molecule has 1 aromatic carbocycles. The van der Waals surface area contributed by atoms with Gasteiger partial charge in [0.25, 0.3) is 0 Å². The molecule has 3 heterocycles. The van der Waals surface area contributed by atoms with Crippen molar-refractivity contribution < 1.29 is 14.8 Å². The maximum atomic E-state index is 11.6. The number of aliphatic hydroxyl groups excluding tert-OH is 1. The number of imidazole rings is 1. The Labute approximate surface area is 161 Å². The van der Waals surface area contributed by atoms with E-state index >= 15 is 0 Å². The molecular formula is C19H23N5O4. The smallest absolute Gasteiger partial charge is 0.318 e. The number of nitrogens with one attached hydrogen (secondary N) is 1. The molecule has 0 saturated carbocycles. The number of aliphatic hydroxyl groups is 1. The van der Waals surface area contributed by atoms with E-state index in [1.807, 2.05) is 19.1 Å². The maximum Gasteiger partial charge on any atom is 0.318 e. The minimum Gasteiger partial charge on any atom is -0.396 e. The number of H-pyrrole nitrogens is 1. The average molecular weight is 385 g/mol. The first-order valence-corrected chi connectivity index (χ1v) is 9.58. The van der Waals surface area contributed by atoms with E-state index in [1.165, 1.54) is 10.9 Å². The molecule has 1 aliphatic heterocycles. The molecule has 0 radical (unpaired) electrons. The molecule has 4 rings (SSSR count). The van der Waals surface area contributed by atoms with Gasteiger partial charge in [0.2, 0.25) is 5.69 Å². The number of fused-ring (bicyclic) bond motifs is 1. The van der Waals surface area contributed by atoms with E-state index in [2.05, 4.69) is 15.1 Å². The van der Waals surface area contributed by atoms with Crippen molar-refractivity contribution in [2.45, 2.75) is 45.3 Å². The number of benzene rings is 1. The molecule has 1 fully saturated rings. The van der Waals surface area contributed by atoms with Crippen LogP contribution in [0.5, 0.6) is 0 Å². The Hall–Kier alpha value is -2.78. The van der Waals surface area contributed by atoms with Gasteiger partial charge in [-0.05, 0) is 55.4 Å². The molecule has 0 bridgehead atoms. The van der Waals surface area contributed by atoms with Crippen LogP contribution in [0.25, 0.3) is 22.6 Å². The number of aromatic nitrogens is 4. The fourth-order valence-electron chi connectivity index (χ4n) is 3.70.